The van der Waals surface area contributed by atoms with Crippen LogP contribution in [0.15, 0.2) is 59.5 Å². The van der Waals surface area contributed by atoms with E-state index >= 15 is 0 Å². The van der Waals surface area contributed by atoms with Gasteiger partial charge in [0.15, 0.2) is 0 Å². The van der Waals surface area contributed by atoms with Crippen molar-refractivity contribution < 1.29 is 13.9 Å². The van der Waals surface area contributed by atoms with E-state index in [0.29, 0.717) is 11.3 Å². The van der Waals surface area contributed by atoms with Gasteiger partial charge in [-0.25, -0.2) is 14.2 Å². The normalized spacial score (nSPS) is 11.1. The number of carbonyl (C=O) groups excluding carboxylic acids is 1. The molecule has 0 aliphatic rings. The Morgan fingerprint density at radius 2 is 2.08 bits per heavy atom. The average Bonchev–Trinajstić information content (AvgIpc) is 2.60. The lowest BCUT2D eigenvalue weighted by Crippen LogP contribution is -2.17. The average molecular weight is 338 g/mol. The Hall–Kier alpha value is -3.28. The Kier molecular flexibility index (Phi) is 4.70. The summed E-state index contributed by atoms with van der Waals surface area (Å²) in [6.45, 7) is 1.70. The first kappa shape index (κ1) is 16.6. The van der Waals surface area contributed by atoms with Crippen molar-refractivity contribution in [3.8, 4) is 0 Å². The molecule has 2 heterocycles. The molecule has 0 radical (unpaired) electrons. The molecule has 0 spiro atoms. The number of ether oxygens (including phenoxy) is 1. The van der Waals surface area contributed by atoms with Crippen LogP contribution in [0.2, 0.25) is 0 Å². The fraction of sp³-hybridized carbons (Fsp3) is 0.105. The third-order valence-electron chi connectivity index (χ3n) is 3.61. The number of halogens is 1. The molecule has 1 aromatic carbocycles. The number of aromatic nitrogens is 2. The summed E-state index contributed by atoms with van der Waals surface area (Å²) in [5.74, 6) is -1.07. The maximum atomic E-state index is 13.5. The van der Waals surface area contributed by atoms with Crippen LogP contribution in [0.5, 0.6) is 0 Å². The van der Waals surface area contributed by atoms with Crippen molar-refractivity contribution in [3.63, 3.8) is 0 Å². The predicted octanol–water partition coefficient (Wildman–Crippen LogP) is 2.90. The van der Waals surface area contributed by atoms with Crippen LogP contribution in [0.4, 0.5) is 4.39 Å². The van der Waals surface area contributed by atoms with Crippen LogP contribution in [-0.4, -0.2) is 15.4 Å². The summed E-state index contributed by atoms with van der Waals surface area (Å²) in [5, 5.41) is 0. The van der Waals surface area contributed by atoms with Crippen molar-refractivity contribution in [3.05, 3.63) is 87.7 Å². The summed E-state index contributed by atoms with van der Waals surface area (Å²) in [6, 6.07) is 11.0. The maximum absolute atomic E-state index is 13.5. The Balaban J connectivity index is 1.72. The lowest BCUT2D eigenvalue weighted by atomic mass is 10.2. The highest BCUT2D eigenvalue weighted by atomic mass is 19.1. The molecule has 2 aromatic heterocycles. The highest BCUT2D eigenvalue weighted by Crippen LogP contribution is 2.09. The van der Waals surface area contributed by atoms with Crippen LogP contribution in [0.3, 0.4) is 0 Å². The fourth-order valence-electron chi connectivity index (χ4n) is 2.34. The SMILES string of the molecule is Cc1cccn2c(=O)cc(COC(=O)/C=C/c3ccccc3F)nc12. The number of fused-ring (bicyclic) bond motifs is 1. The lowest BCUT2D eigenvalue weighted by molar-refractivity contribution is -0.139. The molecule has 126 valence electrons. The molecule has 5 nitrogen and oxygen atoms in total. The number of esters is 1. The van der Waals surface area contributed by atoms with Crippen LogP contribution in [0.1, 0.15) is 16.8 Å². The minimum atomic E-state index is -0.643. The topological polar surface area (TPSA) is 60.7 Å². The van der Waals surface area contributed by atoms with Gasteiger partial charge in [-0.1, -0.05) is 24.3 Å². The molecule has 3 rings (SSSR count). The van der Waals surface area contributed by atoms with E-state index in [1.807, 2.05) is 13.0 Å². The summed E-state index contributed by atoms with van der Waals surface area (Å²) >= 11 is 0. The lowest BCUT2D eigenvalue weighted by Gasteiger charge is -2.06. The number of aryl methyl sites for hydroxylation is 1. The van der Waals surface area contributed by atoms with E-state index in [-0.39, 0.29) is 17.7 Å². The molecule has 0 amide bonds. The third kappa shape index (κ3) is 3.80. The summed E-state index contributed by atoms with van der Waals surface area (Å²) < 4.78 is 20.0. The molecular formula is C19H15FN2O3. The number of rotatable bonds is 4. The molecule has 6 heteroatoms. The molecule has 0 atom stereocenters. The van der Waals surface area contributed by atoms with Crippen molar-refractivity contribution in [1.82, 2.24) is 9.38 Å². The third-order valence-corrected chi connectivity index (χ3v) is 3.61. The van der Waals surface area contributed by atoms with Gasteiger partial charge in [0.25, 0.3) is 5.56 Å². The zero-order chi connectivity index (χ0) is 17.8. The number of benzene rings is 1. The molecule has 0 unspecified atom stereocenters. The number of hydrogen-bond acceptors (Lipinski definition) is 4. The standard InChI is InChI=1S/C19H15FN2O3/c1-13-5-4-10-22-17(23)11-15(21-19(13)22)12-25-18(24)9-8-14-6-2-3-7-16(14)20/h2-11H,12H2,1H3/b9-8+. The van der Waals surface area contributed by atoms with Crippen molar-refractivity contribution in [2.75, 3.05) is 0 Å². The minimum Gasteiger partial charge on any atom is -0.456 e. The van der Waals surface area contributed by atoms with Crippen LogP contribution in [-0.2, 0) is 16.1 Å². The van der Waals surface area contributed by atoms with Gasteiger partial charge in [0, 0.05) is 23.9 Å². The van der Waals surface area contributed by atoms with Crippen LogP contribution in [0.25, 0.3) is 11.7 Å². The Labute approximate surface area is 143 Å². The second kappa shape index (κ2) is 7.09. The largest absolute Gasteiger partial charge is 0.456 e. The number of nitrogens with zero attached hydrogens (tertiary/aromatic N) is 2. The highest BCUT2D eigenvalue weighted by Gasteiger charge is 2.06. The van der Waals surface area contributed by atoms with Gasteiger partial charge in [-0.2, -0.15) is 0 Å². The van der Waals surface area contributed by atoms with Gasteiger partial charge in [-0.15, -0.1) is 0 Å². The molecule has 25 heavy (non-hydrogen) atoms. The zero-order valence-corrected chi connectivity index (χ0v) is 13.5. The van der Waals surface area contributed by atoms with Gasteiger partial charge in [-0.05, 0) is 30.7 Å². The Morgan fingerprint density at radius 1 is 1.28 bits per heavy atom. The smallest absolute Gasteiger partial charge is 0.331 e. The summed E-state index contributed by atoms with van der Waals surface area (Å²) in [5.41, 5.74) is 1.75. The molecule has 0 saturated heterocycles. The number of carbonyl (C=O) groups is 1. The molecular weight excluding hydrogens is 323 g/mol. The van der Waals surface area contributed by atoms with Crippen molar-refractivity contribution in [1.29, 1.82) is 0 Å². The fourth-order valence-corrected chi connectivity index (χ4v) is 2.34. The molecule has 0 saturated carbocycles. The van der Waals surface area contributed by atoms with Crippen molar-refractivity contribution in [2.24, 2.45) is 0 Å². The first-order valence-corrected chi connectivity index (χ1v) is 7.62. The molecule has 3 aromatic rings. The van der Waals surface area contributed by atoms with Crippen LogP contribution < -0.4 is 5.56 Å². The number of pyridine rings is 1. The molecule has 0 aliphatic heterocycles. The summed E-state index contributed by atoms with van der Waals surface area (Å²) in [4.78, 5) is 28.2. The maximum Gasteiger partial charge on any atom is 0.331 e. The van der Waals surface area contributed by atoms with E-state index in [4.69, 9.17) is 4.74 Å². The number of hydrogen-bond donors (Lipinski definition) is 0. The second-order valence-electron chi connectivity index (χ2n) is 5.43. The quantitative estimate of drug-likeness (QED) is 0.542. The van der Waals surface area contributed by atoms with Crippen LogP contribution >= 0.6 is 0 Å². The molecule has 0 fully saturated rings. The summed E-state index contributed by atoms with van der Waals surface area (Å²) in [6.07, 6.45) is 4.10. The molecule has 0 aliphatic carbocycles. The first-order valence-electron chi connectivity index (χ1n) is 7.62. The minimum absolute atomic E-state index is 0.138. The van der Waals surface area contributed by atoms with Gasteiger partial charge < -0.3 is 4.74 Å². The van der Waals surface area contributed by atoms with Gasteiger partial charge in [0.2, 0.25) is 0 Å². The van der Waals surface area contributed by atoms with E-state index in [2.05, 4.69) is 4.98 Å². The summed E-state index contributed by atoms with van der Waals surface area (Å²) in [7, 11) is 0. The van der Waals surface area contributed by atoms with Gasteiger partial charge in [-0.3, -0.25) is 9.20 Å². The van der Waals surface area contributed by atoms with Crippen molar-refractivity contribution in [2.45, 2.75) is 13.5 Å². The first-order chi connectivity index (χ1) is 12.0. The monoisotopic (exact) mass is 338 g/mol. The van der Waals surface area contributed by atoms with Crippen LogP contribution in [0, 0.1) is 12.7 Å². The Bertz CT molecular complexity index is 1020. The van der Waals surface area contributed by atoms with E-state index in [0.717, 1.165) is 11.6 Å². The molecule has 0 bridgehead atoms. The second-order valence-corrected chi connectivity index (χ2v) is 5.43. The van der Waals surface area contributed by atoms with E-state index < -0.39 is 11.8 Å². The van der Waals surface area contributed by atoms with E-state index in [9.17, 15) is 14.0 Å². The Morgan fingerprint density at radius 3 is 2.88 bits per heavy atom. The molecule has 0 N–H and O–H groups in total. The highest BCUT2D eigenvalue weighted by molar-refractivity contribution is 5.87. The van der Waals surface area contributed by atoms with Gasteiger partial charge in [0.05, 0.1) is 5.69 Å². The van der Waals surface area contributed by atoms with Crippen molar-refractivity contribution >= 4 is 17.7 Å². The zero-order valence-electron chi connectivity index (χ0n) is 13.5. The predicted molar refractivity (Wildman–Crippen MR) is 91.4 cm³/mol. The van der Waals surface area contributed by atoms with Gasteiger partial charge in [0.1, 0.15) is 18.1 Å². The van der Waals surface area contributed by atoms with E-state index in [1.165, 1.54) is 22.6 Å². The van der Waals surface area contributed by atoms with Gasteiger partial charge >= 0.3 is 5.97 Å². The van der Waals surface area contributed by atoms with E-state index in [1.54, 1.807) is 30.5 Å².